The molecule has 6 nitrogen and oxygen atoms in total. The number of carbonyl (C=O) groups excluding carboxylic acids is 1. The molecule has 0 atom stereocenters. The molecule has 0 aliphatic rings. The fourth-order valence-corrected chi connectivity index (χ4v) is 1.89. The highest BCUT2D eigenvalue weighted by atomic mass is 32.1. The summed E-state index contributed by atoms with van der Waals surface area (Å²) in [6.45, 7) is 3.07. The lowest BCUT2D eigenvalue weighted by Crippen LogP contribution is -2.24. The molecule has 0 saturated heterocycles. The smallest absolute Gasteiger partial charge is 0.221 e. The van der Waals surface area contributed by atoms with Crippen molar-refractivity contribution < 1.29 is 9.53 Å². The van der Waals surface area contributed by atoms with E-state index in [1.165, 1.54) is 18.6 Å². The maximum Gasteiger partial charge on any atom is 0.221 e. The monoisotopic (exact) mass is 244 g/mol. The first-order chi connectivity index (χ1) is 7.69. The van der Waals surface area contributed by atoms with Crippen LogP contribution in [0.2, 0.25) is 0 Å². The Morgan fingerprint density at radius 2 is 2.38 bits per heavy atom. The summed E-state index contributed by atoms with van der Waals surface area (Å²) in [5.41, 5.74) is 5.59. The quantitative estimate of drug-likeness (QED) is 0.684. The van der Waals surface area contributed by atoms with Crippen molar-refractivity contribution in [2.75, 3.05) is 31.2 Å². The van der Waals surface area contributed by atoms with Gasteiger partial charge in [-0.15, -0.1) is 0 Å². The van der Waals surface area contributed by atoms with Gasteiger partial charge in [-0.05, 0) is 18.5 Å². The first-order valence-corrected chi connectivity index (χ1v) is 5.76. The molecular weight excluding hydrogens is 228 g/mol. The van der Waals surface area contributed by atoms with E-state index >= 15 is 0 Å². The van der Waals surface area contributed by atoms with Crippen LogP contribution in [0.5, 0.6) is 5.75 Å². The SMILES string of the molecule is CCNC(=O)CCNc1snc(N)c1OC. The minimum Gasteiger partial charge on any atom is -0.490 e. The number of nitrogen functional groups attached to an aromatic ring is 1. The van der Waals surface area contributed by atoms with E-state index in [4.69, 9.17) is 10.5 Å². The van der Waals surface area contributed by atoms with Gasteiger partial charge in [-0.2, -0.15) is 4.37 Å². The molecule has 0 aliphatic heterocycles. The van der Waals surface area contributed by atoms with Crippen LogP contribution in [0.25, 0.3) is 0 Å². The fourth-order valence-electron chi connectivity index (χ4n) is 1.18. The minimum absolute atomic E-state index is 0.0199. The van der Waals surface area contributed by atoms with Crippen molar-refractivity contribution >= 4 is 28.3 Å². The van der Waals surface area contributed by atoms with E-state index in [2.05, 4.69) is 15.0 Å². The van der Waals surface area contributed by atoms with Gasteiger partial charge in [0.1, 0.15) is 0 Å². The van der Waals surface area contributed by atoms with Gasteiger partial charge < -0.3 is 21.1 Å². The summed E-state index contributed by atoms with van der Waals surface area (Å²) in [5, 5.41) is 6.54. The number of anilines is 2. The van der Waals surface area contributed by atoms with Crippen LogP contribution >= 0.6 is 11.5 Å². The first-order valence-electron chi connectivity index (χ1n) is 4.98. The molecule has 0 radical (unpaired) electrons. The van der Waals surface area contributed by atoms with Gasteiger partial charge in [0.15, 0.2) is 16.6 Å². The summed E-state index contributed by atoms with van der Waals surface area (Å²) in [7, 11) is 1.54. The molecule has 0 bridgehead atoms. The lowest BCUT2D eigenvalue weighted by Gasteiger charge is -2.05. The summed E-state index contributed by atoms with van der Waals surface area (Å²) in [5.74, 6) is 0.931. The van der Waals surface area contributed by atoms with Crippen LogP contribution < -0.4 is 21.1 Å². The Labute approximate surface area is 98.3 Å². The summed E-state index contributed by atoms with van der Waals surface area (Å²) in [4.78, 5) is 11.2. The van der Waals surface area contributed by atoms with Gasteiger partial charge in [0, 0.05) is 19.5 Å². The van der Waals surface area contributed by atoms with E-state index in [9.17, 15) is 4.79 Å². The number of nitrogens with one attached hydrogen (secondary N) is 2. The Kier molecular flexibility index (Phi) is 4.84. The van der Waals surface area contributed by atoms with Crippen LogP contribution in [0.3, 0.4) is 0 Å². The molecule has 0 aromatic carbocycles. The number of hydrogen-bond donors (Lipinski definition) is 3. The standard InChI is InChI=1S/C9H16N4O2S/c1-3-11-6(14)4-5-12-9-7(15-2)8(10)13-16-9/h12H,3-5H2,1-2H3,(H2,10,13)(H,11,14). The van der Waals surface area contributed by atoms with Crippen LogP contribution in [0.15, 0.2) is 0 Å². The van der Waals surface area contributed by atoms with E-state index in [0.29, 0.717) is 31.1 Å². The summed E-state index contributed by atoms with van der Waals surface area (Å²) >= 11 is 1.22. The number of ether oxygens (including phenoxy) is 1. The number of rotatable bonds is 6. The molecule has 1 amide bonds. The van der Waals surface area contributed by atoms with E-state index in [1.807, 2.05) is 6.92 Å². The van der Waals surface area contributed by atoms with Gasteiger partial charge in [0.05, 0.1) is 7.11 Å². The van der Waals surface area contributed by atoms with Gasteiger partial charge in [-0.3, -0.25) is 4.79 Å². The zero-order valence-electron chi connectivity index (χ0n) is 9.37. The van der Waals surface area contributed by atoms with Gasteiger partial charge in [-0.1, -0.05) is 0 Å². The Morgan fingerprint density at radius 3 is 3.00 bits per heavy atom. The minimum atomic E-state index is 0.0199. The maximum atomic E-state index is 11.2. The van der Waals surface area contributed by atoms with Crippen LogP contribution in [0.4, 0.5) is 10.8 Å². The third-order valence-corrected chi connectivity index (χ3v) is 2.69. The summed E-state index contributed by atoms with van der Waals surface area (Å²) in [6.07, 6.45) is 0.412. The van der Waals surface area contributed by atoms with Crippen molar-refractivity contribution in [3.05, 3.63) is 0 Å². The molecular formula is C9H16N4O2S. The number of nitrogens with zero attached hydrogens (tertiary/aromatic N) is 1. The Balaban J connectivity index is 2.40. The van der Waals surface area contributed by atoms with Gasteiger partial charge in [0.2, 0.25) is 5.91 Å². The molecule has 1 heterocycles. The number of amides is 1. The Bertz CT molecular complexity index is 353. The van der Waals surface area contributed by atoms with Crippen molar-refractivity contribution in [2.45, 2.75) is 13.3 Å². The molecule has 7 heteroatoms. The predicted molar refractivity (Wildman–Crippen MR) is 64.9 cm³/mol. The number of aromatic nitrogens is 1. The van der Waals surface area contributed by atoms with Crippen LogP contribution in [0.1, 0.15) is 13.3 Å². The number of methoxy groups -OCH3 is 1. The van der Waals surface area contributed by atoms with Crippen LogP contribution in [0, 0.1) is 0 Å². The lowest BCUT2D eigenvalue weighted by molar-refractivity contribution is -0.120. The number of hydrogen-bond acceptors (Lipinski definition) is 6. The van der Waals surface area contributed by atoms with Gasteiger partial charge in [-0.25, -0.2) is 0 Å². The highest BCUT2D eigenvalue weighted by molar-refractivity contribution is 7.11. The zero-order chi connectivity index (χ0) is 12.0. The van der Waals surface area contributed by atoms with E-state index in [1.54, 1.807) is 0 Å². The van der Waals surface area contributed by atoms with Gasteiger partial charge >= 0.3 is 0 Å². The summed E-state index contributed by atoms with van der Waals surface area (Å²) < 4.78 is 9.03. The molecule has 1 rings (SSSR count). The topological polar surface area (TPSA) is 89.3 Å². The zero-order valence-corrected chi connectivity index (χ0v) is 10.2. The molecule has 16 heavy (non-hydrogen) atoms. The molecule has 0 saturated carbocycles. The number of carbonyl (C=O) groups is 1. The fraction of sp³-hybridized carbons (Fsp3) is 0.556. The average molecular weight is 244 g/mol. The average Bonchev–Trinajstić information content (AvgIpc) is 2.60. The molecule has 1 aromatic heterocycles. The first kappa shape index (κ1) is 12.6. The Hall–Kier alpha value is -1.50. The number of nitrogens with two attached hydrogens (primary N) is 1. The molecule has 0 spiro atoms. The van der Waals surface area contributed by atoms with Crippen molar-refractivity contribution in [2.24, 2.45) is 0 Å². The molecule has 4 N–H and O–H groups in total. The molecule has 0 fully saturated rings. The molecule has 0 unspecified atom stereocenters. The van der Waals surface area contributed by atoms with E-state index in [0.717, 1.165) is 5.00 Å². The van der Waals surface area contributed by atoms with Crippen molar-refractivity contribution in [1.82, 2.24) is 9.69 Å². The molecule has 1 aromatic rings. The van der Waals surface area contributed by atoms with Crippen LogP contribution in [-0.2, 0) is 4.79 Å². The van der Waals surface area contributed by atoms with E-state index in [-0.39, 0.29) is 5.91 Å². The van der Waals surface area contributed by atoms with Crippen molar-refractivity contribution in [1.29, 1.82) is 0 Å². The van der Waals surface area contributed by atoms with E-state index < -0.39 is 0 Å². The van der Waals surface area contributed by atoms with Gasteiger partial charge in [0.25, 0.3) is 0 Å². The lowest BCUT2D eigenvalue weighted by atomic mass is 10.4. The molecule has 90 valence electrons. The largest absolute Gasteiger partial charge is 0.490 e. The van der Waals surface area contributed by atoms with Crippen molar-refractivity contribution in [3.8, 4) is 5.75 Å². The van der Waals surface area contributed by atoms with Crippen molar-refractivity contribution in [3.63, 3.8) is 0 Å². The highest BCUT2D eigenvalue weighted by Gasteiger charge is 2.11. The maximum absolute atomic E-state index is 11.2. The molecule has 0 aliphatic carbocycles. The second-order valence-corrected chi connectivity index (χ2v) is 3.83. The normalized spacial score (nSPS) is 9.88. The Morgan fingerprint density at radius 1 is 1.62 bits per heavy atom. The third-order valence-electron chi connectivity index (χ3n) is 1.89. The predicted octanol–water partition coefficient (Wildman–Crippen LogP) is 0.672. The summed E-state index contributed by atoms with van der Waals surface area (Å²) in [6, 6.07) is 0. The third kappa shape index (κ3) is 3.27. The highest BCUT2D eigenvalue weighted by Crippen LogP contribution is 2.34. The second kappa shape index (κ2) is 6.16. The second-order valence-electron chi connectivity index (χ2n) is 3.06. The van der Waals surface area contributed by atoms with Crippen LogP contribution in [-0.4, -0.2) is 30.5 Å².